The maximum absolute atomic E-state index is 14.5. The van der Waals surface area contributed by atoms with Crippen molar-refractivity contribution in [3.05, 3.63) is 201 Å². The van der Waals surface area contributed by atoms with Gasteiger partial charge in [-0.05, 0) is 63.1 Å². The number of rotatable bonds is 14. The van der Waals surface area contributed by atoms with E-state index in [0.717, 1.165) is 49.0 Å². The molecule has 1 unspecified atom stereocenters. The third kappa shape index (κ3) is 9.55. The minimum absolute atomic E-state index is 0.00592. The molecule has 1 aliphatic heterocycles. The van der Waals surface area contributed by atoms with Crippen molar-refractivity contribution in [2.24, 2.45) is 0 Å². The third-order valence-electron chi connectivity index (χ3n) is 11.8. The van der Waals surface area contributed by atoms with E-state index in [1.807, 2.05) is 140 Å². The van der Waals surface area contributed by atoms with Crippen LogP contribution in [0, 0.1) is 0 Å². The van der Waals surface area contributed by atoms with Crippen LogP contribution in [0.4, 0.5) is 9.59 Å². The van der Waals surface area contributed by atoms with Crippen LogP contribution < -0.4 is 16.0 Å². The number of amides is 5. The van der Waals surface area contributed by atoms with Gasteiger partial charge in [0.2, 0.25) is 5.91 Å². The second-order valence-electron chi connectivity index (χ2n) is 15.8. The number of carboxylic acids is 1. The van der Waals surface area contributed by atoms with Gasteiger partial charge in [0.15, 0.2) is 0 Å². The summed E-state index contributed by atoms with van der Waals surface area (Å²) in [6.45, 7) is 0.123. The van der Waals surface area contributed by atoms with E-state index in [9.17, 15) is 29.1 Å². The zero-order valence-corrected chi connectivity index (χ0v) is 36.5. The quantitative estimate of drug-likeness (QED) is 0.0798. The summed E-state index contributed by atoms with van der Waals surface area (Å²) >= 11 is 12.7. The number of urea groups is 1. The molecule has 1 aliphatic carbocycles. The summed E-state index contributed by atoms with van der Waals surface area (Å²) in [5.74, 6) is -3.01. The molecular formula is C51H45Cl2N5O7. The van der Waals surface area contributed by atoms with E-state index in [0.29, 0.717) is 17.0 Å². The molecule has 6 aromatic carbocycles. The highest BCUT2D eigenvalue weighted by Crippen LogP contribution is 2.44. The summed E-state index contributed by atoms with van der Waals surface area (Å²) in [6.07, 6.45) is -1.24. The minimum Gasteiger partial charge on any atom is -0.480 e. The Kier molecular flexibility index (Phi) is 13.5. The topological polar surface area (TPSA) is 157 Å². The number of fused-ring (bicyclic) bond motifs is 3. The monoisotopic (exact) mass is 909 g/mol. The molecule has 4 N–H and O–H groups in total. The molecule has 330 valence electrons. The van der Waals surface area contributed by atoms with Crippen molar-refractivity contribution in [2.75, 3.05) is 19.7 Å². The van der Waals surface area contributed by atoms with Crippen LogP contribution in [0.5, 0.6) is 0 Å². The lowest BCUT2D eigenvalue weighted by Crippen LogP contribution is -2.58. The molecule has 12 nitrogen and oxygen atoms in total. The molecule has 14 heteroatoms. The Hall–Kier alpha value is -7.15. The summed E-state index contributed by atoms with van der Waals surface area (Å²) in [7, 11) is 0. The van der Waals surface area contributed by atoms with Crippen molar-refractivity contribution >= 4 is 53.1 Å². The fourth-order valence-corrected chi connectivity index (χ4v) is 9.26. The highest BCUT2D eigenvalue weighted by Gasteiger charge is 2.41. The van der Waals surface area contributed by atoms with Crippen LogP contribution in [0.1, 0.15) is 52.1 Å². The lowest BCUT2D eigenvalue weighted by atomic mass is 9.77. The lowest BCUT2D eigenvalue weighted by Gasteiger charge is -2.37. The van der Waals surface area contributed by atoms with E-state index >= 15 is 0 Å². The summed E-state index contributed by atoms with van der Waals surface area (Å²) in [5, 5.41) is 21.6. The van der Waals surface area contributed by atoms with Crippen LogP contribution in [0.15, 0.2) is 158 Å². The number of carboxylic acid groups (broad SMARTS) is 1. The number of ether oxygens (including phenoxy) is 1. The van der Waals surface area contributed by atoms with Gasteiger partial charge in [0.05, 0.1) is 6.42 Å². The number of hydrazine groups is 1. The van der Waals surface area contributed by atoms with E-state index in [2.05, 4.69) is 16.0 Å². The predicted octanol–water partition coefficient (Wildman–Crippen LogP) is 8.55. The van der Waals surface area contributed by atoms with Gasteiger partial charge in [-0.25, -0.2) is 24.4 Å². The Labute approximate surface area is 386 Å². The number of aliphatic carboxylic acids is 1. The minimum atomic E-state index is -1.69. The van der Waals surface area contributed by atoms with Crippen molar-refractivity contribution in [1.29, 1.82) is 0 Å². The van der Waals surface area contributed by atoms with E-state index in [1.165, 1.54) is 6.07 Å². The van der Waals surface area contributed by atoms with Crippen molar-refractivity contribution in [3.8, 4) is 11.1 Å². The maximum Gasteiger partial charge on any atom is 0.407 e. The predicted molar refractivity (Wildman–Crippen MR) is 247 cm³/mol. The average molecular weight is 911 g/mol. The number of benzene rings is 6. The van der Waals surface area contributed by atoms with Gasteiger partial charge in [-0.15, -0.1) is 0 Å². The van der Waals surface area contributed by atoms with Gasteiger partial charge in [-0.1, -0.05) is 169 Å². The highest BCUT2D eigenvalue weighted by molar-refractivity contribution is 6.35. The molecule has 8 rings (SSSR count). The van der Waals surface area contributed by atoms with Crippen LogP contribution in [0.25, 0.3) is 11.1 Å². The van der Waals surface area contributed by atoms with Crippen LogP contribution >= 0.6 is 23.2 Å². The first-order valence-corrected chi connectivity index (χ1v) is 21.9. The number of nitrogens with zero attached hydrogens (tertiary/aromatic N) is 2. The van der Waals surface area contributed by atoms with E-state index in [1.54, 1.807) is 12.1 Å². The van der Waals surface area contributed by atoms with Crippen molar-refractivity contribution < 1.29 is 33.8 Å². The van der Waals surface area contributed by atoms with E-state index in [4.69, 9.17) is 27.9 Å². The summed E-state index contributed by atoms with van der Waals surface area (Å²) in [6, 6.07) is 44.7. The van der Waals surface area contributed by atoms with Gasteiger partial charge in [0.25, 0.3) is 5.91 Å². The lowest BCUT2D eigenvalue weighted by molar-refractivity contribution is -0.143. The second-order valence-corrected chi connectivity index (χ2v) is 16.7. The zero-order chi connectivity index (χ0) is 45.5. The largest absolute Gasteiger partial charge is 0.480 e. The molecule has 1 fully saturated rings. The molecule has 0 aromatic heterocycles. The molecule has 1 heterocycles. The molecule has 5 amide bonds. The SMILES string of the molecule is O=C(CC(NC(=O)N1CCCN1C(=O)[C@@H](Cc1ccc(Cl)cc1Cl)NC(=O)OCC1c2ccccc2-c2ccccc21)C(=O)O)NC(c1ccccc1)(c1ccccc1)c1ccccc1. The van der Waals surface area contributed by atoms with Gasteiger partial charge in [-0.2, -0.15) is 0 Å². The summed E-state index contributed by atoms with van der Waals surface area (Å²) in [5.41, 5.74) is 5.60. The second kappa shape index (κ2) is 19.7. The van der Waals surface area contributed by atoms with E-state index < -0.39 is 54.0 Å². The third-order valence-corrected chi connectivity index (χ3v) is 12.4. The smallest absolute Gasteiger partial charge is 0.407 e. The number of alkyl carbamates (subject to hydrolysis) is 1. The average Bonchev–Trinajstić information content (AvgIpc) is 3.95. The number of carbonyl (C=O) groups excluding carboxylic acids is 4. The summed E-state index contributed by atoms with van der Waals surface area (Å²) < 4.78 is 5.81. The van der Waals surface area contributed by atoms with Gasteiger partial charge in [0, 0.05) is 35.5 Å². The van der Waals surface area contributed by atoms with Crippen LogP contribution in [-0.4, -0.2) is 76.8 Å². The van der Waals surface area contributed by atoms with Gasteiger partial charge in [0.1, 0.15) is 24.2 Å². The molecule has 0 radical (unpaired) electrons. The Morgan fingerprint density at radius 3 is 1.72 bits per heavy atom. The maximum atomic E-state index is 14.5. The Balaban J connectivity index is 0.993. The Bertz CT molecular complexity index is 2560. The fraction of sp³-hybridized carbons (Fsp3) is 0.196. The first-order chi connectivity index (χ1) is 31.5. The molecule has 0 saturated carbocycles. The van der Waals surface area contributed by atoms with Gasteiger partial charge in [-0.3, -0.25) is 9.59 Å². The van der Waals surface area contributed by atoms with Crippen LogP contribution in [0.3, 0.4) is 0 Å². The summed E-state index contributed by atoms with van der Waals surface area (Å²) in [4.78, 5) is 69.1. The molecule has 65 heavy (non-hydrogen) atoms. The normalized spacial score (nSPS) is 14.1. The Morgan fingerprint density at radius 1 is 0.662 bits per heavy atom. The number of hydrogen-bond donors (Lipinski definition) is 4. The highest BCUT2D eigenvalue weighted by atomic mass is 35.5. The number of carbonyl (C=O) groups is 5. The molecule has 2 atom stereocenters. The number of hydrogen-bond acceptors (Lipinski definition) is 6. The molecule has 1 saturated heterocycles. The molecule has 0 spiro atoms. The van der Waals surface area contributed by atoms with Crippen molar-refractivity contribution in [2.45, 2.75) is 42.8 Å². The first kappa shape index (κ1) is 44.5. The first-order valence-electron chi connectivity index (χ1n) is 21.2. The zero-order valence-electron chi connectivity index (χ0n) is 35.0. The van der Waals surface area contributed by atoms with Crippen LogP contribution in [-0.2, 0) is 31.1 Å². The molecular weight excluding hydrogens is 865 g/mol. The van der Waals surface area contributed by atoms with Gasteiger partial charge < -0.3 is 25.8 Å². The van der Waals surface area contributed by atoms with Crippen molar-refractivity contribution in [3.63, 3.8) is 0 Å². The van der Waals surface area contributed by atoms with E-state index in [-0.39, 0.29) is 37.1 Å². The van der Waals surface area contributed by atoms with Crippen LogP contribution in [0.2, 0.25) is 10.0 Å². The number of halogens is 2. The number of nitrogens with one attached hydrogen (secondary N) is 3. The van der Waals surface area contributed by atoms with Gasteiger partial charge >= 0.3 is 18.1 Å². The van der Waals surface area contributed by atoms with Crippen molar-refractivity contribution in [1.82, 2.24) is 26.0 Å². The molecule has 0 bridgehead atoms. The Morgan fingerprint density at radius 2 is 1.18 bits per heavy atom. The standard InChI is InChI=1S/C51H45Cl2N5O7/c52-37-26-25-33(43(53)30-37)29-44(55-50(64)65-32-42-40-23-12-10-21-38(40)39-22-11-13-24-41(39)42)47(60)57-27-14-28-58(57)49(63)54-45(48(61)62)31-46(59)56-51(34-15-4-1-5-16-34,35-17-6-2-7-18-35)36-19-8-3-9-20-36/h1-13,15-26,30,42,44-45H,14,27-29,31-32H2,(H,54,63)(H,55,64)(H,56,59)(H,61,62)/t44-,45?/m1/s1. The molecule has 2 aliphatic rings. The fourth-order valence-electron chi connectivity index (χ4n) is 8.77. The molecule has 6 aromatic rings.